The molecule has 0 aliphatic heterocycles. The first kappa shape index (κ1) is 19.0. The molecule has 0 fully saturated rings. The predicted molar refractivity (Wildman–Crippen MR) is 99.1 cm³/mol. The molecule has 0 amide bonds. The van der Waals surface area contributed by atoms with Crippen LogP contribution in [0.3, 0.4) is 0 Å². The monoisotopic (exact) mass is 342 g/mol. The van der Waals surface area contributed by atoms with Gasteiger partial charge < -0.3 is 18.9 Å². The molecule has 0 saturated heterocycles. The summed E-state index contributed by atoms with van der Waals surface area (Å²) >= 11 is 0. The van der Waals surface area contributed by atoms with Gasteiger partial charge in [0, 0.05) is 0 Å². The summed E-state index contributed by atoms with van der Waals surface area (Å²) in [4.78, 5) is 0. The van der Waals surface area contributed by atoms with Gasteiger partial charge in [-0.05, 0) is 36.8 Å². The zero-order valence-electron chi connectivity index (χ0n) is 14.9. The Morgan fingerprint density at radius 1 is 1.00 bits per heavy atom. The Hall–Kier alpha value is -2.30. The van der Waals surface area contributed by atoms with Crippen LogP contribution in [0.1, 0.15) is 12.5 Å². The van der Waals surface area contributed by atoms with Crippen LogP contribution in [0.15, 0.2) is 67.3 Å². The number of para-hydroxylation sites is 1. The number of methoxy groups -OCH3 is 1. The summed E-state index contributed by atoms with van der Waals surface area (Å²) in [5.74, 6) is 1.65. The van der Waals surface area contributed by atoms with E-state index < -0.39 is 0 Å². The first-order valence-electron chi connectivity index (χ1n) is 8.37. The van der Waals surface area contributed by atoms with Crippen molar-refractivity contribution in [1.82, 2.24) is 0 Å². The fourth-order valence-electron chi connectivity index (χ4n) is 2.30. The van der Waals surface area contributed by atoms with Crippen molar-refractivity contribution < 1.29 is 18.9 Å². The van der Waals surface area contributed by atoms with Gasteiger partial charge in [-0.3, -0.25) is 0 Å². The summed E-state index contributed by atoms with van der Waals surface area (Å²) in [5, 5.41) is 0. The molecule has 2 aromatic carbocycles. The van der Waals surface area contributed by atoms with E-state index in [1.807, 2.05) is 61.5 Å². The van der Waals surface area contributed by atoms with E-state index in [2.05, 4.69) is 6.58 Å². The van der Waals surface area contributed by atoms with Gasteiger partial charge in [-0.1, -0.05) is 36.4 Å². The molecule has 2 unspecified atom stereocenters. The third-order valence-corrected chi connectivity index (χ3v) is 3.73. The van der Waals surface area contributed by atoms with E-state index in [4.69, 9.17) is 18.9 Å². The fraction of sp³-hybridized carbons (Fsp3) is 0.333. The van der Waals surface area contributed by atoms with E-state index in [9.17, 15) is 0 Å². The van der Waals surface area contributed by atoms with E-state index >= 15 is 0 Å². The van der Waals surface area contributed by atoms with Gasteiger partial charge in [-0.25, -0.2) is 0 Å². The van der Waals surface area contributed by atoms with Crippen molar-refractivity contribution in [3.8, 4) is 11.5 Å². The second-order valence-electron chi connectivity index (χ2n) is 5.66. The highest BCUT2D eigenvalue weighted by Gasteiger charge is 2.20. The molecule has 4 nitrogen and oxygen atoms in total. The Kier molecular flexibility index (Phi) is 8.02. The van der Waals surface area contributed by atoms with E-state index in [0.717, 1.165) is 17.1 Å². The van der Waals surface area contributed by atoms with Crippen molar-refractivity contribution in [2.45, 2.75) is 25.7 Å². The highest BCUT2D eigenvalue weighted by Crippen LogP contribution is 2.17. The second-order valence-corrected chi connectivity index (χ2v) is 5.66. The third kappa shape index (κ3) is 6.61. The predicted octanol–water partition coefficient (Wildman–Crippen LogP) is 4.25. The van der Waals surface area contributed by atoms with E-state index in [1.54, 1.807) is 13.2 Å². The third-order valence-electron chi connectivity index (χ3n) is 3.73. The van der Waals surface area contributed by atoms with E-state index in [-0.39, 0.29) is 12.2 Å². The molecule has 0 radical (unpaired) electrons. The largest absolute Gasteiger partial charge is 0.497 e. The van der Waals surface area contributed by atoms with E-state index in [0.29, 0.717) is 19.8 Å². The molecule has 2 rings (SSSR count). The Bertz CT molecular complexity index is 610. The molecule has 0 saturated carbocycles. The summed E-state index contributed by atoms with van der Waals surface area (Å²) in [7, 11) is 1.65. The average Bonchev–Trinajstić information content (AvgIpc) is 2.65. The topological polar surface area (TPSA) is 36.9 Å². The van der Waals surface area contributed by atoms with Gasteiger partial charge in [0.15, 0.2) is 0 Å². The molecule has 0 bridgehead atoms. The Labute approximate surface area is 150 Å². The first-order chi connectivity index (χ1) is 12.2. The van der Waals surface area contributed by atoms with Crippen LogP contribution in [0.5, 0.6) is 11.5 Å². The maximum absolute atomic E-state index is 6.06. The van der Waals surface area contributed by atoms with Crippen molar-refractivity contribution in [1.29, 1.82) is 0 Å². The number of hydrogen-bond donors (Lipinski definition) is 0. The number of ether oxygens (including phenoxy) is 4. The molecule has 0 heterocycles. The van der Waals surface area contributed by atoms with Crippen molar-refractivity contribution in [3.05, 3.63) is 72.8 Å². The standard InChI is InChI=1S/C21H26O4/c1-4-14-23-16-21(17(2)25-20-8-6-5-7-9-20)24-15-18-10-12-19(22-3)13-11-18/h4-13,17,21H,1,14-16H2,2-3H3. The lowest BCUT2D eigenvalue weighted by Crippen LogP contribution is -2.35. The Balaban J connectivity index is 1.94. The molecule has 0 spiro atoms. The zero-order valence-corrected chi connectivity index (χ0v) is 14.9. The number of hydrogen-bond acceptors (Lipinski definition) is 4. The Morgan fingerprint density at radius 3 is 2.36 bits per heavy atom. The van der Waals surface area contributed by atoms with Gasteiger partial charge in [-0.2, -0.15) is 0 Å². The Morgan fingerprint density at radius 2 is 1.72 bits per heavy atom. The number of benzene rings is 2. The van der Waals surface area contributed by atoms with Crippen LogP contribution in [-0.2, 0) is 16.1 Å². The maximum atomic E-state index is 6.06. The van der Waals surface area contributed by atoms with Gasteiger partial charge >= 0.3 is 0 Å². The normalized spacial score (nSPS) is 13.0. The lowest BCUT2D eigenvalue weighted by molar-refractivity contribution is -0.0689. The summed E-state index contributed by atoms with van der Waals surface area (Å²) < 4.78 is 22.8. The molecule has 2 atom stereocenters. The fourth-order valence-corrected chi connectivity index (χ4v) is 2.30. The second kappa shape index (κ2) is 10.5. The number of rotatable bonds is 11. The lowest BCUT2D eigenvalue weighted by atomic mass is 10.2. The molecule has 2 aromatic rings. The lowest BCUT2D eigenvalue weighted by Gasteiger charge is -2.25. The zero-order chi connectivity index (χ0) is 17.9. The molecule has 0 aromatic heterocycles. The SMILES string of the molecule is C=CCOCC(OCc1ccc(OC)cc1)C(C)Oc1ccccc1. The van der Waals surface area contributed by atoms with Crippen molar-refractivity contribution in [2.75, 3.05) is 20.3 Å². The average molecular weight is 342 g/mol. The van der Waals surface area contributed by atoms with Crippen LogP contribution >= 0.6 is 0 Å². The first-order valence-corrected chi connectivity index (χ1v) is 8.37. The summed E-state index contributed by atoms with van der Waals surface area (Å²) in [6.45, 7) is 7.07. The van der Waals surface area contributed by atoms with Crippen LogP contribution in [0.4, 0.5) is 0 Å². The minimum atomic E-state index is -0.192. The van der Waals surface area contributed by atoms with Crippen molar-refractivity contribution >= 4 is 0 Å². The van der Waals surface area contributed by atoms with Gasteiger partial charge in [0.05, 0.1) is 26.9 Å². The maximum Gasteiger partial charge on any atom is 0.124 e. The molecule has 25 heavy (non-hydrogen) atoms. The minimum absolute atomic E-state index is 0.148. The van der Waals surface area contributed by atoms with Gasteiger partial charge in [-0.15, -0.1) is 6.58 Å². The molecule has 134 valence electrons. The molecule has 0 N–H and O–H groups in total. The van der Waals surface area contributed by atoms with Crippen LogP contribution in [-0.4, -0.2) is 32.5 Å². The van der Waals surface area contributed by atoms with Crippen LogP contribution in [0.2, 0.25) is 0 Å². The molecule has 0 aliphatic rings. The van der Waals surface area contributed by atoms with Gasteiger partial charge in [0.25, 0.3) is 0 Å². The van der Waals surface area contributed by atoms with Crippen LogP contribution in [0, 0.1) is 0 Å². The summed E-state index contributed by atoms with van der Waals surface area (Å²) in [5.41, 5.74) is 1.07. The molecule has 0 aliphatic carbocycles. The minimum Gasteiger partial charge on any atom is -0.497 e. The van der Waals surface area contributed by atoms with Crippen LogP contribution in [0.25, 0.3) is 0 Å². The van der Waals surface area contributed by atoms with Gasteiger partial charge in [0.2, 0.25) is 0 Å². The van der Waals surface area contributed by atoms with Crippen molar-refractivity contribution in [3.63, 3.8) is 0 Å². The van der Waals surface area contributed by atoms with Gasteiger partial charge in [0.1, 0.15) is 23.7 Å². The highest BCUT2D eigenvalue weighted by molar-refractivity contribution is 5.26. The van der Waals surface area contributed by atoms with Crippen molar-refractivity contribution in [2.24, 2.45) is 0 Å². The van der Waals surface area contributed by atoms with Crippen LogP contribution < -0.4 is 9.47 Å². The summed E-state index contributed by atoms with van der Waals surface area (Å²) in [6, 6.07) is 17.5. The smallest absolute Gasteiger partial charge is 0.124 e. The molecular weight excluding hydrogens is 316 g/mol. The quantitative estimate of drug-likeness (QED) is 0.452. The summed E-state index contributed by atoms with van der Waals surface area (Å²) in [6.07, 6.45) is 1.39. The molecular formula is C21H26O4. The molecule has 4 heteroatoms. The highest BCUT2D eigenvalue weighted by atomic mass is 16.6. The van der Waals surface area contributed by atoms with E-state index in [1.165, 1.54) is 0 Å².